The van der Waals surface area contributed by atoms with Crippen molar-refractivity contribution in [2.24, 2.45) is 11.3 Å². The first-order chi connectivity index (χ1) is 9.62. The average molecular weight is 276 g/mol. The van der Waals surface area contributed by atoms with E-state index in [2.05, 4.69) is 29.2 Å². The Morgan fingerprint density at radius 1 is 1.45 bits per heavy atom. The van der Waals surface area contributed by atoms with E-state index in [1.54, 1.807) is 12.3 Å². The van der Waals surface area contributed by atoms with Gasteiger partial charge in [0.05, 0.1) is 11.3 Å². The predicted molar refractivity (Wildman–Crippen MR) is 78.8 cm³/mol. The summed E-state index contributed by atoms with van der Waals surface area (Å²) in [5.74, 6) is 4.79. The van der Waals surface area contributed by atoms with Crippen LogP contribution in [0.25, 0.3) is 0 Å². The minimum absolute atomic E-state index is 0.304. The van der Waals surface area contributed by atoms with Crippen molar-refractivity contribution in [2.45, 2.75) is 39.7 Å². The van der Waals surface area contributed by atoms with Crippen molar-refractivity contribution in [1.82, 2.24) is 15.3 Å². The van der Waals surface area contributed by atoms with Gasteiger partial charge in [0, 0.05) is 19.3 Å². The Bertz CT molecular complexity index is 453. The topological polar surface area (TPSA) is 71.2 Å². The van der Waals surface area contributed by atoms with E-state index in [0.29, 0.717) is 11.0 Å². The maximum absolute atomic E-state index is 11.3. The van der Waals surface area contributed by atoms with Crippen molar-refractivity contribution in [3.63, 3.8) is 0 Å². The number of rotatable bonds is 5. The molecule has 0 atom stereocenters. The molecule has 1 aromatic heterocycles. The van der Waals surface area contributed by atoms with Crippen LogP contribution in [0.1, 0.15) is 49.2 Å². The van der Waals surface area contributed by atoms with Gasteiger partial charge in [-0.05, 0) is 43.4 Å². The highest BCUT2D eigenvalue weighted by atomic mass is 16.2. The number of nitrogens with zero attached hydrogens (tertiary/aromatic N) is 2. The molecule has 2 rings (SSSR count). The van der Waals surface area contributed by atoms with Crippen LogP contribution in [0.5, 0.6) is 0 Å². The first kappa shape index (κ1) is 14.9. The number of hydrazine groups is 1. The molecule has 3 N–H and O–H groups in total. The molecule has 20 heavy (non-hydrogen) atoms. The van der Waals surface area contributed by atoms with Crippen LogP contribution in [0.4, 0.5) is 0 Å². The van der Waals surface area contributed by atoms with Crippen LogP contribution in [0.2, 0.25) is 0 Å². The highest BCUT2D eigenvalue weighted by molar-refractivity contribution is 5.93. The molecule has 0 aliphatic carbocycles. The Hall–Kier alpha value is -1.46. The molecule has 1 aliphatic heterocycles. The van der Waals surface area contributed by atoms with Gasteiger partial charge in [0.15, 0.2) is 0 Å². The van der Waals surface area contributed by atoms with Gasteiger partial charge in [-0.25, -0.2) is 5.84 Å². The Morgan fingerprint density at radius 2 is 2.20 bits per heavy atom. The molecule has 0 unspecified atom stereocenters. The lowest BCUT2D eigenvalue weighted by molar-refractivity contribution is 0.0953. The molecule has 0 saturated carbocycles. The van der Waals surface area contributed by atoms with E-state index in [4.69, 9.17) is 5.84 Å². The van der Waals surface area contributed by atoms with E-state index in [9.17, 15) is 4.79 Å². The third-order valence-electron chi connectivity index (χ3n) is 4.62. The summed E-state index contributed by atoms with van der Waals surface area (Å²) in [7, 11) is 0. The van der Waals surface area contributed by atoms with Crippen LogP contribution in [-0.4, -0.2) is 28.9 Å². The minimum Gasteiger partial charge on any atom is -0.297 e. The van der Waals surface area contributed by atoms with E-state index in [-0.39, 0.29) is 5.91 Å². The van der Waals surface area contributed by atoms with Crippen molar-refractivity contribution < 1.29 is 4.79 Å². The fourth-order valence-electron chi connectivity index (χ4n) is 2.95. The van der Waals surface area contributed by atoms with Crippen LogP contribution in [-0.2, 0) is 6.54 Å². The summed E-state index contributed by atoms with van der Waals surface area (Å²) in [5.41, 5.74) is 4.09. The van der Waals surface area contributed by atoms with Gasteiger partial charge < -0.3 is 0 Å². The van der Waals surface area contributed by atoms with Crippen molar-refractivity contribution in [3.8, 4) is 0 Å². The number of hydrogen-bond donors (Lipinski definition) is 2. The minimum atomic E-state index is -0.304. The second-order valence-corrected chi connectivity index (χ2v) is 5.68. The van der Waals surface area contributed by atoms with Gasteiger partial charge in [-0.3, -0.25) is 20.1 Å². The molecule has 1 amide bonds. The molecule has 5 heteroatoms. The van der Waals surface area contributed by atoms with Gasteiger partial charge in [-0.2, -0.15) is 0 Å². The van der Waals surface area contributed by atoms with E-state index in [1.165, 1.54) is 19.3 Å². The number of aromatic nitrogens is 1. The largest absolute Gasteiger partial charge is 0.297 e. The van der Waals surface area contributed by atoms with Crippen molar-refractivity contribution in [2.75, 3.05) is 13.1 Å². The van der Waals surface area contributed by atoms with Crippen LogP contribution in [0, 0.1) is 5.41 Å². The molecule has 1 aliphatic rings. The molecule has 1 aromatic rings. The van der Waals surface area contributed by atoms with E-state index >= 15 is 0 Å². The molecule has 0 radical (unpaired) electrons. The maximum atomic E-state index is 11.3. The number of amides is 1. The number of nitrogens with one attached hydrogen (secondary N) is 1. The van der Waals surface area contributed by atoms with E-state index in [1.807, 2.05) is 6.07 Å². The summed E-state index contributed by atoms with van der Waals surface area (Å²) in [6.45, 7) is 7.70. The van der Waals surface area contributed by atoms with Crippen molar-refractivity contribution in [1.29, 1.82) is 0 Å². The number of likely N-dealkylation sites (tertiary alicyclic amines) is 1. The quantitative estimate of drug-likeness (QED) is 0.488. The third kappa shape index (κ3) is 3.16. The molecule has 0 bridgehead atoms. The summed E-state index contributed by atoms with van der Waals surface area (Å²) in [6, 6.07) is 3.68. The first-order valence-electron chi connectivity index (χ1n) is 7.30. The van der Waals surface area contributed by atoms with E-state index in [0.717, 1.165) is 25.3 Å². The number of carbonyl (C=O) groups is 1. The van der Waals surface area contributed by atoms with Gasteiger partial charge in [0.1, 0.15) is 0 Å². The zero-order chi connectivity index (χ0) is 14.6. The smallest absolute Gasteiger partial charge is 0.266 e. The fourth-order valence-corrected chi connectivity index (χ4v) is 2.95. The summed E-state index contributed by atoms with van der Waals surface area (Å²) in [5, 5.41) is 0. The molecule has 5 nitrogen and oxygen atoms in total. The second kappa shape index (κ2) is 6.33. The van der Waals surface area contributed by atoms with Gasteiger partial charge >= 0.3 is 0 Å². The van der Waals surface area contributed by atoms with Crippen LogP contribution < -0.4 is 11.3 Å². The Kier molecular flexibility index (Phi) is 4.73. The average Bonchev–Trinajstić information content (AvgIpc) is 2.91. The summed E-state index contributed by atoms with van der Waals surface area (Å²) >= 11 is 0. The molecule has 1 fully saturated rings. The third-order valence-corrected chi connectivity index (χ3v) is 4.62. The highest BCUT2D eigenvalue weighted by Gasteiger charge is 2.34. The van der Waals surface area contributed by atoms with Gasteiger partial charge in [0.25, 0.3) is 5.91 Å². The number of nitrogens with two attached hydrogens (primary N) is 1. The lowest BCUT2D eigenvalue weighted by atomic mass is 9.82. The standard InChI is InChI=1S/C15H24N4O/c1-3-15(4-2)7-8-19(11-15)10-13-6-5-12(9-17-13)14(20)18-16/h5-6,9H,3-4,7-8,10-11,16H2,1-2H3,(H,18,20). The summed E-state index contributed by atoms with van der Waals surface area (Å²) in [4.78, 5) is 18.2. The molecule has 1 saturated heterocycles. The normalized spacial score (nSPS) is 18.1. The molecule has 2 heterocycles. The number of nitrogen functional groups attached to an aromatic ring is 1. The Balaban J connectivity index is 1.96. The zero-order valence-electron chi connectivity index (χ0n) is 12.4. The number of hydrogen-bond acceptors (Lipinski definition) is 4. The molecular weight excluding hydrogens is 252 g/mol. The van der Waals surface area contributed by atoms with Crippen molar-refractivity contribution >= 4 is 5.91 Å². The highest BCUT2D eigenvalue weighted by Crippen LogP contribution is 2.37. The number of carbonyl (C=O) groups excluding carboxylic acids is 1. The Labute approximate surface area is 120 Å². The zero-order valence-corrected chi connectivity index (χ0v) is 12.4. The van der Waals surface area contributed by atoms with Gasteiger partial charge in [-0.1, -0.05) is 13.8 Å². The maximum Gasteiger partial charge on any atom is 0.266 e. The van der Waals surface area contributed by atoms with Crippen LogP contribution >= 0.6 is 0 Å². The monoisotopic (exact) mass is 276 g/mol. The molecular formula is C15H24N4O. The predicted octanol–water partition coefficient (Wildman–Crippen LogP) is 1.70. The second-order valence-electron chi connectivity index (χ2n) is 5.68. The lowest BCUT2D eigenvalue weighted by Gasteiger charge is -2.26. The molecule has 0 aromatic carbocycles. The summed E-state index contributed by atoms with van der Waals surface area (Å²) < 4.78 is 0. The van der Waals surface area contributed by atoms with E-state index < -0.39 is 0 Å². The fraction of sp³-hybridized carbons (Fsp3) is 0.600. The Morgan fingerprint density at radius 3 is 2.70 bits per heavy atom. The van der Waals surface area contributed by atoms with Crippen molar-refractivity contribution in [3.05, 3.63) is 29.6 Å². The lowest BCUT2D eigenvalue weighted by Crippen LogP contribution is -2.30. The van der Waals surface area contributed by atoms with Gasteiger partial charge in [-0.15, -0.1) is 0 Å². The number of pyridine rings is 1. The van der Waals surface area contributed by atoms with Gasteiger partial charge in [0.2, 0.25) is 0 Å². The molecule has 0 spiro atoms. The summed E-state index contributed by atoms with van der Waals surface area (Å²) in [6.07, 6.45) is 5.33. The van der Waals surface area contributed by atoms with Crippen LogP contribution in [0.15, 0.2) is 18.3 Å². The SMILES string of the molecule is CCC1(CC)CCN(Cc2ccc(C(=O)NN)cn2)C1. The van der Waals surface area contributed by atoms with Crippen LogP contribution in [0.3, 0.4) is 0 Å². The first-order valence-corrected chi connectivity index (χ1v) is 7.30. The molecule has 110 valence electrons.